The molecule has 0 atom stereocenters. The number of carbonyl (C=O) groups excluding carboxylic acids is 2. The van der Waals surface area contributed by atoms with Crippen molar-refractivity contribution < 1.29 is 14.3 Å². The third-order valence-corrected chi connectivity index (χ3v) is 4.96. The molecule has 2 rings (SSSR count). The van der Waals surface area contributed by atoms with E-state index < -0.39 is 0 Å². The Kier molecular flexibility index (Phi) is 7.66. The van der Waals surface area contributed by atoms with Crippen LogP contribution in [0.3, 0.4) is 0 Å². The van der Waals surface area contributed by atoms with Gasteiger partial charge in [0.05, 0.1) is 12.1 Å². The van der Waals surface area contributed by atoms with Gasteiger partial charge < -0.3 is 9.64 Å². The topological polar surface area (TPSA) is 64.4 Å². The van der Waals surface area contributed by atoms with Crippen molar-refractivity contribution in [2.45, 2.75) is 72.8 Å². The molecule has 6 nitrogen and oxygen atoms in total. The van der Waals surface area contributed by atoms with E-state index in [0.29, 0.717) is 5.92 Å². The van der Waals surface area contributed by atoms with Crippen LogP contribution >= 0.6 is 0 Å². The number of hydrogen-bond donors (Lipinski definition) is 0. The Morgan fingerprint density at radius 2 is 1.69 bits per heavy atom. The Morgan fingerprint density at radius 3 is 2.31 bits per heavy atom. The van der Waals surface area contributed by atoms with Crippen LogP contribution in [0.15, 0.2) is 0 Å². The quantitative estimate of drug-likeness (QED) is 0.729. The zero-order chi connectivity index (χ0) is 19.1. The molecule has 0 spiro atoms. The fraction of sp³-hybridized carbons (Fsp3) is 0.750. The molecule has 0 unspecified atom stereocenters. The first kappa shape index (κ1) is 20.5. The van der Waals surface area contributed by atoms with Crippen molar-refractivity contribution in [1.82, 2.24) is 14.7 Å². The summed E-state index contributed by atoms with van der Waals surface area (Å²) in [6.45, 7) is 10.4. The van der Waals surface area contributed by atoms with Crippen LogP contribution in [0, 0.1) is 19.8 Å². The van der Waals surface area contributed by atoms with E-state index >= 15 is 0 Å². The Bertz CT molecular complexity index is 614. The smallest absolute Gasteiger partial charge is 0.310 e. The van der Waals surface area contributed by atoms with Crippen molar-refractivity contribution in [3.63, 3.8) is 0 Å². The van der Waals surface area contributed by atoms with Gasteiger partial charge in [-0.3, -0.25) is 14.3 Å². The second-order valence-corrected chi connectivity index (χ2v) is 7.71. The normalized spacial score (nSPS) is 15.7. The summed E-state index contributed by atoms with van der Waals surface area (Å²) in [7, 11) is 0. The van der Waals surface area contributed by atoms with Crippen molar-refractivity contribution in [2.75, 3.05) is 19.7 Å². The zero-order valence-electron chi connectivity index (χ0n) is 16.7. The van der Waals surface area contributed by atoms with Gasteiger partial charge in [-0.1, -0.05) is 33.1 Å². The number of esters is 1. The van der Waals surface area contributed by atoms with E-state index in [0.717, 1.165) is 49.4 Å². The van der Waals surface area contributed by atoms with Crippen LogP contribution in [-0.4, -0.2) is 46.3 Å². The van der Waals surface area contributed by atoms with Gasteiger partial charge in [0.1, 0.15) is 0 Å². The molecule has 0 N–H and O–H groups in total. The molecule has 0 saturated carbocycles. The molecule has 1 aliphatic rings. The number of aryl methyl sites for hydroxylation is 1. The number of rotatable bonds is 6. The lowest BCUT2D eigenvalue weighted by atomic mass is 10.1. The molecule has 1 fully saturated rings. The van der Waals surface area contributed by atoms with Crippen LogP contribution in [0.2, 0.25) is 0 Å². The fourth-order valence-electron chi connectivity index (χ4n) is 3.44. The number of aromatic nitrogens is 2. The SMILES string of the molecule is Cc1nn(CC(C)C)c(C)c1CC(=O)OCC(=O)N1CCCCCCC1. The third-order valence-electron chi connectivity index (χ3n) is 4.96. The van der Waals surface area contributed by atoms with Crippen molar-refractivity contribution in [2.24, 2.45) is 5.92 Å². The molecule has 0 aliphatic carbocycles. The Labute approximate surface area is 156 Å². The summed E-state index contributed by atoms with van der Waals surface area (Å²) in [4.78, 5) is 26.4. The molecule has 0 radical (unpaired) electrons. The van der Waals surface area contributed by atoms with Gasteiger partial charge in [0.15, 0.2) is 6.61 Å². The predicted molar refractivity (Wildman–Crippen MR) is 101 cm³/mol. The van der Waals surface area contributed by atoms with E-state index in [-0.39, 0.29) is 24.9 Å². The van der Waals surface area contributed by atoms with E-state index in [1.807, 2.05) is 23.4 Å². The third kappa shape index (κ3) is 5.85. The predicted octanol–water partition coefficient (Wildman–Crippen LogP) is 3.03. The van der Waals surface area contributed by atoms with Gasteiger partial charge in [-0.2, -0.15) is 5.10 Å². The molecule has 1 saturated heterocycles. The van der Waals surface area contributed by atoms with Gasteiger partial charge in [0.2, 0.25) is 0 Å². The van der Waals surface area contributed by atoms with Crippen LogP contribution < -0.4 is 0 Å². The average Bonchev–Trinajstić information content (AvgIpc) is 2.79. The highest BCUT2D eigenvalue weighted by Crippen LogP contribution is 2.16. The summed E-state index contributed by atoms with van der Waals surface area (Å²) in [6.07, 6.45) is 5.83. The van der Waals surface area contributed by atoms with Crippen molar-refractivity contribution in [1.29, 1.82) is 0 Å². The number of hydrogen-bond acceptors (Lipinski definition) is 4. The first-order valence-corrected chi connectivity index (χ1v) is 9.84. The maximum Gasteiger partial charge on any atom is 0.310 e. The van der Waals surface area contributed by atoms with Crippen molar-refractivity contribution in [3.05, 3.63) is 17.0 Å². The number of ether oxygens (including phenoxy) is 1. The van der Waals surface area contributed by atoms with Crippen LogP contribution in [-0.2, 0) is 27.3 Å². The lowest BCUT2D eigenvalue weighted by molar-refractivity contribution is -0.151. The standard InChI is InChI=1S/C20H33N3O3/c1-15(2)13-23-17(4)18(16(3)21-23)12-20(25)26-14-19(24)22-10-8-6-5-7-9-11-22/h15H,5-14H2,1-4H3. The number of likely N-dealkylation sites (tertiary alicyclic amines) is 1. The molecule has 2 heterocycles. The fourth-order valence-corrected chi connectivity index (χ4v) is 3.44. The summed E-state index contributed by atoms with van der Waals surface area (Å²) in [5.41, 5.74) is 2.77. The first-order chi connectivity index (χ1) is 12.4. The van der Waals surface area contributed by atoms with E-state index in [1.54, 1.807) is 0 Å². The molecule has 26 heavy (non-hydrogen) atoms. The Balaban J connectivity index is 1.86. The monoisotopic (exact) mass is 363 g/mol. The molecular formula is C20H33N3O3. The summed E-state index contributed by atoms with van der Waals surface area (Å²) in [5, 5.41) is 4.53. The van der Waals surface area contributed by atoms with Gasteiger partial charge in [-0.05, 0) is 32.6 Å². The molecule has 1 aromatic heterocycles. The summed E-state index contributed by atoms with van der Waals surface area (Å²) in [5.74, 6) is 0.0492. The molecule has 0 bridgehead atoms. The summed E-state index contributed by atoms with van der Waals surface area (Å²) < 4.78 is 7.22. The highest BCUT2D eigenvalue weighted by molar-refractivity contribution is 5.81. The lowest BCUT2D eigenvalue weighted by Gasteiger charge is -2.24. The molecule has 1 amide bonds. The minimum absolute atomic E-state index is 0.0794. The van der Waals surface area contributed by atoms with Crippen LogP contribution in [0.5, 0.6) is 0 Å². The number of amides is 1. The first-order valence-electron chi connectivity index (χ1n) is 9.84. The van der Waals surface area contributed by atoms with E-state index in [9.17, 15) is 9.59 Å². The molecule has 6 heteroatoms. The zero-order valence-corrected chi connectivity index (χ0v) is 16.7. The van der Waals surface area contributed by atoms with E-state index in [4.69, 9.17) is 4.74 Å². The second kappa shape index (κ2) is 9.74. The average molecular weight is 364 g/mol. The Hall–Kier alpha value is -1.85. The molecule has 146 valence electrons. The highest BCUT2D eigenvalue weighted by Gasteiger charge is 2.19. The minimum atomic E-state index is -0.360. The van der Waals surface area contributed by atoms with Gasteiger partial charge in [-0.15, -0.1) is 0 Å². The van der Waals surface area contributed by atoms with Gasteiger partial charge in [0, 0.05) is 30.9 Å². The van der Waals surface area contributed by atoms with Crippen LogP contribution in [0.25, 0.3) is 0 Å². The van der Waals surface area contributed by atoms with Gasteiger partial charge in [0.25, 0.3) is 5.91 Å². The van der Waals surface area contributed by atoms with Gasteiger partial charge in [-0.25, -0.2) is 0 Å². The van der Waals surface area contributed by atoms with Gasteiger partial charge >= 0.3 is 5.97 Å². The maximum absolute atomic E-state index is 12.3. The van der Waals surface area contributed by atoms with E-state index in [2.05, 4.69) is 18.9 Å². The lowest BCUT2D eigenvalue weighted by Crippen LogP contribution is -2.37. The minimum Gasteiger partial charge on any atom is -0.455 e. The summed E-state index contributed by atoms with van der Waals surface area (Å²) in [6, 6.07) is 0. The number of carbonyl (C=O) groups is 2. The number of nitrogens with zero attached hydrogens (tertiary/aromatic N) is 3. The maximum atomic E-state index is 12.3. The molecule has 0 aromatic carbocycles. The second-order valence-electron chi connectivity index (χ2n) is 7.71. The van der Waals surface area contributed by atoms with Crippen molar-refractivity contribution in [3.8, 4) is 0 Å². The van der Waals surface area contributed by atoms with Crippen LogP contribution in [0.4, 0.5) is 0 Å². The summed E-state index contributed by atoms with van der Waals surface area (Å²) >= 11 is 0. The van der Waals surface area contributed by atoms with Crippen LogP contribution in [0.1, 0.15) is 62.9 Å². The Morgan fingerprint density at radius 1 is 1.08 bits per heavy atom. The largest absolute Gasteiger partial charge is 0.455 e. The molecule has 1 aromatic rings. The molecular weight excluding hydrogens is 330 g/mol. The molecule has 1 aliphatic heterocycles. The van der Waals surface area contributed by atoms with E-state index in [1.165, 1.54) is 19.3 Å². The highest BCUT2D eigenvalue weighted by atomic mass is 16.5. The van der Waals surface area contributed by atoms with Crippen molar-refractivity contribution >= 4 is 11.9 Å².